The number of nitrogens with zero attached hydrogens (tertiary/aromatic N) is 2. The molecule has 0 atom stereocenters. The average molecular weight is 503 g/mol. The van der Waals surface area contributed by atoms with Crippen LogP contribution in [0.2, 0.25) is 0 Å². The van der Waals surface area contributed by atoms with E-state index in [0.29, 0.717) is 26.9 Å². The Morgan fingerprint density at radius 2 is 1.97 bits per heavy atom. The van der Waals surface area contributed by atoms with Crippen molar-refractivity contribution in [3.05, 3.63) is 61.9 Å². The summed E-state index contributed by atoms with van der Waals surface area (Å²) in [6.07, 6.45) is -4.42. The van der Waals surface area contributed by atoms with Gasteiger partial charge in [0, 0.05) is 37.0 Å². The third-order valence-electron chi connectivity index (χ3n) is 4.72. The lowest BCUT2D eigenvalue weighted by molar-refractivity contribution is -0.274. The Morgan fingerprint density at radius 3 is 2.61 bits per heavy atom. The Balaban J connectivity index is 1.95. The van der Waals surface area contributed by atoms with Crippen LogP contribution in [0, 0.1) is 0 Å². The molecule has 0 bridgehead atoms. The zero-order valence-corrected chi connectivity index (χ0v) is 18.2. The molecule has 1 aromatic carbocycles. The van der Waals surface area contributed by atoms with Crippen molar-refractivity contribution in [2.75, 3.05) is 6.61 Å². The fourth-order valence-corrected chi connectivity index (χ4v) is 4.29. The molecule has 7 nitrogen and oxygen atoms in total. The van der Waals surface area contributed by atoms with Gasteiger partial charge in [0.05, 0.1) is 12.3 Å². The molecule has 0 unspecified atom stereocenters. The summed E-state index contributed by atoms with van der Waals surface area (Å²) in [6.45, 7) is 1.40. The van der Waals surface area contributed by atoms with E-state index in [2.05, 4.69) is 20.7 Å². The summed E-state index contributed by atoms with van der Waals surface area (Å²) < 4.78 is 49.3. The molecule has 1 heterocycles. The minimum absolute atomic E-state index is 0.0634. The molecule has 0 saturated carbocycles. The lowest BCUT2D eigenvalue weighted by atomic mass is 10.0. The molecule has 0 fully saturated rings. The molecule has 11 heteroatoms. The largest absolute Gasteiger partial charge is 0.573 e. The van der Waals surface area contributed by atoms with Crippen LogP contribution in [0.15, 0.2) is 33.9 Å². The van der Waals surface area contributed by atoms with Crippen molar-refractivity contribution in [1.29, 1.82) is 0 Å². The van der Waals surface area contributed by atoms with E-state index < -0.39 is 23.6 Å². The molecule has 0 spiro atoms. The summed E-state index contributed by atoms with van der Waals surface area (Å²) in [6, 6.07) is 5.42. The third-order valence-corrected chi connectivity index (χ3v) is 5.57. The van der Waals surface area contributed by atoms with Crippen LogP contribution in [0.4, 0.5) is 13.2 Å². The van der Waals surface area contributed by atoms with E-state index >= 15 is 0 Å². The van der Waals surface area contributed by atoms with Gasteiger partial charge in [0.1, 0.15) is 5.75 Å². The number of ether oxygens (including phenoxy) is 2. The van der Waals surface area contributed by atoms with Crippen LogP contribution in [0.3, 0.4) is 0 Å². The second-order valence-corrected chi connectivity index (χ2v) is 7.66. The Kier molecular flexibility index (Phi) is 6.44. The van der Waals surface area contributed by atoms with E-state index in [1.54, 1.807) is 6.07 Å². The number of aromatic nitrogens is 2. The molecule has 0 radical (unpaired) electrons. The van der Waals surface area contributed by atoms with Crippen molar-refractivity contribution >= 4 is 32.0 Å². The maximum Gasteiger partial charge on any atom is 0.573 e. The zero-order valence-electron chi connectivity index (χ0n) is 16.6. The summed E-state index contributed by atoms with van der Waals surface area (Å²) in [5.74, 6) is -0.839. The van der Waals surface area contributed by atoms with Crippen molar-refractivity contribution in [2.24, 2.45) is 7.05 Å². The Morgan fingerprint density at radius 1 is 1.26 bits per heavy atom. The normalized spacial score (nSPS) is 13.4. The molecule has 0 amide bonds. The quantitative estimate of drug-likeness (QED) is 0.447. The summed E-state index contributed by atoms with van der Waals surface area (Å²) in [5.41, 5.74) is 0.682. The lowest BCUT2D eigenvalue weighted by Gasteiger charge is -2.12. The molecule has 1 aliphatic carbocycles. The topological polar surface area (TPSA) is 79.5 Å². The van der Waals surface area contributed by atoms with Gasteiger partial charge in [-0.05, 0) is 45.6 Å². The highest BCUT2D eigenvalue weighted by atomic mass is 79.9. The van der Waals surface area contributed by atoms with Crippen molar-refractivity contribution in [2.45, 2.75) is 32.7 Å². The molecule has 0 N–H and O–H groups in total. The molecule has 1 aliphatic rings. The van der Waals surface area contributed by atoms with E-state index in [1.807, 2.05) is 0 Å². The van der Waals surface area contributed by atoms with Crippen molar-refractivity contribution in [1.82, 2.24) is 9.13 Å². The van der Waals surface area contributed by atoms with Gasteiger partial charge in [0.25, 0.3) is 5.56 Å². The second-order valence-electron chi connectivity index (χ2n) is 6.86. The van der Waals surface area contributed by atoms with Gasteiger partial charge in [-0.2, -0.15) is 0 Å². The van der Waals surface area contributed by atoms with Gasteiger partial charge in [-0.1, -0.05) is 12.1 Å². The van der Waals surface area contributed by atoms with Crippen LogP contribution in [-0.4, -0.2) is 28.1 Å². The highest BCUT2D eigenvalue weighted by Crippen LogP contribution is 2.40. The van der Waals surface area contributed by atoms with E-state index in [1.165, 1.54) is 36.7 Å². The highest BCUT2D eigenvalue weighted by molar-refractivity contribution is 9.15. The number of hydrogen-bond donors (Lipinski definition) is 0. The summed E-state index contributed by atoms with van der Waals surface area (Å²) in [7, 11) is 1.51. The minimum atomic E-state index is -4.83. The van der Waals surface area contributed by atoms with Crippen LogP contribution in [0.1, 0.15) is 30.2 Å². The molecular formula is C20H18BrF3N2O5. The van der Waals surface area contributed by atoms with Gasteiger partial charge < -0.3 is 9.47 Å². The molecule has 2 aromatic rings. The van der Waals surface area contributed by atoms with Crippen LogP contribution in [-0.2, 0) is 29.5 Å². The molecule has 0 aliphatic heterocycles. The molecule has 31 heavy (non-hydrogen) atoms. The first-order chi connectivity index (χ1) is 14.5. The Bertz CT molecular complexity index is 1180. The van der Waals surface area contributed by atoms with Gasteiger partial charge in [0.2, 0.25) is 0 Å². The first-order valence-corrected chi connectivity index (χ1v) is 10.00. The summed E-state index contributed by atoms with van der Waals surface area (Å²) in [4.78, 5) is 36.5. The number of alkyl halides is 3. The lowest BCUT2D eigenvalue weighted by Crippen LogP contribution is -2.42. The van der Waals surface area contributed by atoms with Crippen molar-refractivity contribution in [3.8, 4) is 5.75 Å². The predicted octanol–water partition coefficient (Wildman–Crippen LogP) is 3.22. The number of allylic oxidation sites excluding steroid dienone is 1. The molecule has 3 rings (SSSR count). The standard InChI is InChI=1S/C20H18BrF3N2O5/c1-11(27)30-8-4-7-26-18(28)15-10-14(16(21)17(15)25(2)19(26)29)12-5-3-6-13(9-12)31-20(22,23)24/h3,5-6,9H,4,7-8,10H2,1-2H3. The van der Waals surface area contributed by atoms with Crippen LogP contribution in [0.5, 0.6) is 5.75 Å². The Hall–Kier alpha value is -2.82. The molecular weight excluding hydrogens is 485 g/mol. The zero-order chi connectivity index (χ0) is 22.9. The van der Waals surface area contributed by atoms with Gasteiger partial charge in [-0.15, -0.1) is 13.2 Å². The molecule has 166 valence electrons. The number of fused-ring (bicyclic) bond motifs is 1. The number of carbonyl (C=O) groups is 1. The average Bonchev–Trinajstić information content (AvgIpc) is 3.02. The maximum atomic E-state index is 13.0. The highest BCUT2D eigenvalue weighted by Gasteiger charge is 2.32. The SMILES string of the molecule is CC(=O)OCCCn1c(=O)c2c(n(C)c1=O)C(Br)=C(c1cccc(OC(F)(F)F)c1)C2. The number of hydrogen-bond acceptors (Lipinski definition) is 5. The maximum absolute atomic E-state index is 13.0. The first kappa shape index (κ1) is 22.9. The number of rotatable bonds is 6. The van der Waals surface area contributed by atoms with Gasteiger partial charge in [0.15, 0.2) is 0 Å². The molecule has 0 saturated heterocycles. The van der Waals surface area contributed by atoms with E-state index in [-0.39, 0.29) is 31.7 Å². The first-order valence-electron chi connectivity index (χ1n) is 9.21. The molecule has 1 aromatic heterocycles. The van der Waals surface area contributed by atoms with Crippen molar-refractivity contribution < 1.29 is 27.4 Å². The minimum Gasteiger partial charge on any atom is -0.466 e. The van der Waals surface area contributed by atoms with Crippen LogP contribution in [0.25, 0.3) is 10.1 Å². The number of carbonyl (C=O) groups excluding carboxylic acids is 1. The van der Waals surface area contributed by atoms with Crippen LogP contribution < -0.4 is 16.0 Å². The summed E-state index contributed by atoms with van der Waals surface area (Å²) in [5, 5.41) is 0. The Labute approximate surface area is 182 Å². The van der Waals surface area contributed by atoms with E-state index in [0.717, 1.165) is 4.57 Å². The third kappa shape index (κ3) is 4.92. The fraction of sp³-hybridized carbons (Fsp3) is 0.350. The van der Waals surface area contributed by atoms with E-state index in [4.69, 9.17) is 4.74 Å². The number of esters is 1. The van der Waals surface area contributed by atoms with Gasteiger partial charge in [-0.25, -0.2) is 4.79 Å². The monoisotopic (exact) mass is 502 g/mol. The fourth-order valence-electron chi connectivity index (χ4n) is 3.41. The summed E-state index contributed by atoms with van der Waals surface area (Å²) >= 11 is 3.40. The van der Waals surface area contributed by atoms with Crippen LogP contribution >= 0.6 is 15.9 Å². The second kappa shape index (κ2) is 8.74. The van der Waals surface area contributed by atoms with Gasteiger partial charge in [-0.3, -0.25) is 18.7 Å². The van der Waals surface area contributed by atoms with Gasteiger partial charge >= 0.3 is 18.0 Å². The smallest absolute Gasteiger partial charge is 0.466 e. The number of halogens is 4. The number of benzene rings is 1. The van der Waals surface area contributed by atoms with Crippen molar-refractivity contribution in [3.63, 3.8) is 0 Å². The predicted molar refractivity (Wildman–Crippen MR) is 110 cm³/mol. The van der Waals surface area contributed by atoms with E-state index in [9.17, 15) is 27.6 Å².